The highest BCUT2D eigenvalue weighted by atomic mass is 35.5. The largest absolute Gasteiger partial charge is 0.387 e. The average Bonchev–Trinajstić information content (AvgIpc) is 3.15. The normalized spacial score (nSPS) is 25.4. The molecule has 34 heavy (non-hydrogen) atoms. The molecule has 1 aromatic carbocycles. The van der Waals surface area contributed by atoms with Gasteiger partial charge in [0.1, 0.15) is 12.1 Å². The standard InChI is InChI=1S/C24H30ClN5O3.ClH/c1-15-12-19(31)22-20(15)23(28-14-27-22)29-7-9-30(10-8-29)24(32)21(18-13-33-11-6-26-18)16-2-4-17(25)5-3-16;/h2-5,14-15,18-19,21,26,31H,6-13H2,1H3;1H/t15-,18+,19-,21+;/m1./s1. The van der Waals surface area contributed by atoms with Crippen molar-refractivity contribution < 1.29 is 14.6 Å². The summed E-state index contributed by atoms with van der Waals surface area (Å²) in [6.45, 7) is 6.63. The molecule has 2 aliphatic heterocycles. The van der Waals surface area contributed by atoms with E-state index in [1.807, 2.05) is 29.2 Å². The van der Waals surface area contributed by atoms with Crippen LogP contribution in [0.25, 0.3) is 0 Å². The van der Waals surface area contributed by atoms with E-state index in [4.69, 9.17) is 16.3 Å². The van der Waals surface area contributed by atoms with Gasteiger partial charge in [0.15, 0.2) is 0 Å². The number of hydrogen-bond donors (Lipinski definition) is 2. The SMILES string of the molecule is C[C@@H]1C[C@@H](O)c2ncnc(N3CCN(C(=O)[C@@H](c4ccc(Cl)cc4)[C@@H]4COCCN4)CC3)c21.Cl. The van der Waals surface area contributed by atoms with Gasteiger partial charge in [0, 0.05) is 49.4 Å². The topological polar surface area (TPSA) is 90.8 Å². The summed E-state index contributed by atoms with van der Waals surface area (Å²) in [4.78, 5) is 26.8. The van der Waals surface area contributed by atoms with Gasteiger partial charge in [-0.05, 0) is 30.0 Å². The van der Waals surface area contributed by atoms with Crippen LogP contribution in [0.5, 0.6) is 0 Å². The Morgan fingerprint density at radius 2 is 1.94 bits per heavy atom. The third-order valence-corrected chi connectivity index (χ3v) is 7.27. The molecule has 184 valence electrons. The van der Waals surface area contributed by atoms with E-state index in [9.17, 15) is 9.90 Å². The molecule has 1 aromatic heterocycles. The Morgan fingerprint density at radius 3 is 2.62 bits per heavy atom. The third-order valence-electron chi connectivity index (χ3n) is 7.02. The summed E-state index contributed by atoms with van der Waals surface area (Å²) in [5, 5.41) is 14.4. The van der Waals surface area contributed by atoms with Crippen LogP contribution in [0.4, 0.5) is 5.82 Å². The fraction of sp³-hybridized carbons (Fsp3) is 0.542. The van der Waals surface area contributed by atoms with Crippen LogP contribution in [0.3, 0.4) is 0 Å². The van der Waals surface area contributed by atoms with Gasteiger partial charge in [-0.15, -0.1) is 12.4 Å². The first kappa shape index (κ1) is 25.1. The van der Waals surface area contributed by atoms with Crippen LogP contribution in [-0.4, -0.2) is 77.9 Å². The Bertz CT molecular complexity index is 995. The van der Waals surface area contributed by atoms with E-state index in [0.717, 1.165) is 29.2 Å². The Kier molecular flexibility index (Phi) is 7.94. The maximum absolute atomic E-state index is 13.7. The van der Waals surface area contributed by atoms with Crippen molar-refractivity contribution in [1.29, 1.82) is 0 Å². The predicted octanol–water partition coefficient (Wildman–Crippen LogP) is 2.51. The summed E-state index contributed by atoms with van der Waals surface area (Å²) in [7, 11) is 0. The number of benzene rings is 1. The smallest absolute Gasteiger partial charge is 0.231 e. The van der Waals surface area contributed by atoms with Crippen LogP contribution >= 0.6 is 24.0 Å². The number of ether oxygens (including phenoxy) is 1. The Morgan fingerprint density at radius 1 is 1.21 bits per heavy atom. The summed E-state index contributed by atoms with van der Waals surface area (Å²) < 4.78 is 5.68. The van der Waals surface area contributed by atoms with Gasteiger partial charge in [-0.3, -0.25) is 4.79 Å². The Labute approximate surface area is 211 Å². The quantitative estimate of drug-likeness (QED) is 0.656. The van der Waals surface area contributed by atoms with Crippen molar-refractivity contribution in [1.82, 2.24) is 20.2 Å². The molecule has 0 saturated carbocycles. The lowest BCUT2D eigenvalue weighted by molar-refractivity contribution is -0.134. The monoisotopic (exact) mass is 507 g/mol. The summed E-state index contributed by atoms with van der Waals surface area (Å²) in [6.07, 6.45) is 1.70. The van der Waals surface area contributed by atoms with E-state index in [2.05, 4.69) is 27.1 Å². The second-order valence-electron chi connectivity index (χ2n) is 9.13. The highest BCUT2D eigenvalue weighted by molar-refractivity contribution is 6.30. The van der Waals surface area contributed by atoms with Gasteiger partial charge in [0.25, 0.3) is 0 Å². The zero-order valence-corrected chi connectivity index (χ0v) is 20.8. The molecule has 4 atom stereocenters. The van der Waals surface area contributed by atoms with E-state index >= 15 is 0 Å². The number of rotatable bonds is 4. The fourth-order valence-electron chi connectivity index (χ4n) is 5.31. The average molecular weight is 508 g/mol. The number of amides is 1. The second-order valence-corrected chi connectivity index (χ2v) is 9.56. The van der Waals surface area contributed by atoms with Crippen LogP contribution < -0.4 is 10.2 Å². The van der Waals surface area contributed by atoms with Gasteiger partial charge in [0.05, 0.1) is 30.9 Å². The fourth-order valence-corrected chi connectivity index (χ4v) is 5.43. The molecule has 5 rings (SSSR count). The van der Waals surface area contributed by atoms with Crippen molar-refractivity contribution in [3.8, 4) is 0 Å². The number of halogens is 2. The minimum absolute atomic E-state index is 0. The van der Waals surface area contributed by atoms with Crippen LogP contribution in [0.15, 0.2) is 30.6 Å². The van der Waals surface area contributed by atoms with Gasteiger partial charge in [-0.2, -0.15) is 0 Å². The van der Waals surface area contributed by atoms with E-state index in [0.29, 0.717) is 50.8 Å². The molecule has 1 amide bonds. The number of aliphatic hydroxyl groups is 1. The molecule has 2 saturated heterocycles. The van der Waals surface area contributed by atoms with Crippen molar-refractivity contribution >= 4 is 35.7 Å². The maximum atomic E-state index is 13.7. The van der Waals surface area contributed by atoms with Crippen molar-refractivity contribution in [3.63, 3.8) is 0 Å². The van der Waals surface area contributed by atoms with Gasteiger partial charge in [-0.25, -0.2) is 9.97 Å². The lowest BCUT2D eigenvalue weighted by Gasteiger charge is -2.40. The molecular weight excluding hydrogens is 477 g/mol. The molecule has 0 radical (unpaired) electrons. The minimum atomic E-state index is -0.523. The first-order valence-electron chi connectivity index (χ1n) is 11.7. The molecule has 10 heteroatoms. The summed E-state index contributed by atoms with van der Waals surface area (Å²) in [5.74, 6) is 0.898. The van der Waals surface area contributed by atoms with Crippen molar-refractivity contribution in [2.75, 3.05) is 50.8 Å². The molecule has 0 unspecified atom stereocenters. The van der Waals surface area contributed by atoms with Gasteiger partial charge >= 0.3 is 0 Å². The van der Waals surface area contributed by atoms with Gasteiger partial charge < -0.3 is 25.0 Å². The Hall–Kier alpha value is -1.97. The predicted molar refractivity (Wildman–Crippen MR) is 133 cm³/mol. The number of nitrogens with zero attached hydrogens (tertiary/aromatic N) is 4. The molecule has 2 N–H and O–H groups in total. The number of carbonyl (C=O) groups excluding carboxylic acids is 1. The molecule has 8 nitrogen and oxygen atoms in total. The van der Waals surface area contributed by atoms with Crippen molar-refractivity contribution in [2.45, 2.75) is 37.3 Å². The first-order valence-corrected chi connectivity index (χ1v) is 12.0. The number of morpholine rings is 1. The van der Waals surface area contributed by atoms with Gasteiger partial charge in [-0.1, -0.05) is 30.7 Å². The molecular formula is C24H31Cl2N5O3. The molecule has 2 fully saturated rings. The second kappa shape index (κ2) is 10.7. The highest BCUT2D eigenvalue weighted by Gasteiger charge is 2.37. The Balaban J connectivity index is 0.00000274. The number of fused-ring (bicyclic) bond motifs is 1. The number of nitrogens with one attached hydrogen (secondary N) is 1. The number of aromatic nitrogens is 2. The number of carbonyl (C=O) groups is 1. The summed E-state index contributed by atoms with van der Waals surface area (Å²) >= 11 is 6.10. The summed E-state index contributed by atoms with van der Waals surface area (Å²) in [6, 6.07) is 7.48. The number of aliphatic hydroxyl groups excluding tert-OH is 1. The molecule has 0 spiro atoms. The van der Waals surface area contributed by atoms with Gasteiger partial charge in [0.2, 0.25) is 5.91 Å². The lowest BCUT2D eigenvalue weighted by atomic mass is 9.89. The van der Waals surface area contributed by atoms with Crippen LogP contribution in [-0.2, 0) is 9.53 Å². The van der Waals surface area contributed by atoms with Crippen LogP contribution in [0.2, 0.25) is 5.02 Å². The molecule has 3 aliphatic rings. The highest BCUT2D eigenvalue weighted by Crippen LogP contribution is 2.42. The maximum Gasteiger partial charge on any atom is 0.231 e. The zero-order valence-electron chi connectivity index (χ0n) is 19.2. The summed E-state index contributed by atoms with van der Waals surface area (Å²) in [5.41, 5.74) is 2.75. The van der Waals surface area contributed by atoms with E-state index in [-0.39, 0.29) is 36.2 Å². The van der Waals surface area contributed by atoms with E-state index in [1.165, 1.54) is 6.33 Å². The third kappa shape index (κ3) is 4.88. The minimum Gasteiger partial charge on any atom is -0.387 e. The van der Waals surface area contributed by atoms with Crippen molar-refractivity contribution in [3.05, 3.63) is 52.4 Å². The molecule has 1 aliphatic carbocycles. The molecule has 0 bridgehead atoms. The number of piperazine rings is 1. The molecule has 3 heterocycles. The lowest BCUT2D eigenvalue weighted by Crippen LogP contribution is -2.55. The number of anilines is 1. The number of hydrogen-bond acceptors (Lipinski definition) is 7. The molecule has 2 aromatic rings. The van der Waals surface area contributed by atoms with Crippen LogP contribution in [0, 0.1) is 0 Å². The van der Waals surface area contributed by atoms with Crippen molar-refractivity contribution in [2.24, 2.45) is 0 Å². The van der Waals surface area contributed by atoms with E-state index < -0.39 is 6.10 Å². The van der Waals surface area contributed by atoms with Crippen LogP contribution in [0.1, 0.15) is 48.1 Å². The first-order chi connectivity index (χ1) is 16.0. The zero-order chi connectivity index (χ0) is 22.9. The van der Waals surface area contributed by atoms with E-state index in [1.54, 1.807) is 0 Å².